The lowest BCUT2D eigenvalue weighted by Crippen LogP contribution is -2.41. The highest BCUT2D eigenvalue weighted by molar-refractivity contribution is 7.89. The third kappa shape index (κ3) is 9.65. The van der Waals surface area contributed by atoms with Gasteiger partial charge in [0, 0.05) is 20.8 Å². The fourth-order valence-electron chi connectivity index (χ4n) is 1.73. The summed E-state index contributed by atoms with van der Waals surface area (Å²) in [5.41, 5.74) is 6.01. The summed E-state index contributed by atoms with van der Waals surface area (Å²) in [5.74, 6) is -1.47. The van der Waals surface area contributed by atoms with Crippen LogP contribution in [0, 0.1) is 12.3 Å². The number of hydrogen-bond acceptors (Lipinski definition) is 5. The quantitative estimate of drug-likeness (QED) is 0.248. The molecule has 6 N–H and O–H groups in total. The number of ether oxygens (including phenoxy) is 1. The molecule has 9 nitrogen and oxygen atoms in total. The summed E-state index contributed by atoms with van der Waals surface area (Å²) >= 11 is 0. The maximum Gasteiger partial charge on any atom is 0.321 e. The van der Waals surface area contributed by atoms with Crippen LogP contribution in [0.4, 0.5) is 0 Å². The van der Waals surface area contributed by atoms with Crippen molar-refractivity contribution >= 4 is 22.0 Å². The third-order valence-corrected chi connectivity index (χ3v) is 4.40. The molecule has 1 atom stereocenters. The van der Waals surface area contributed by atoms with Crippen LogP contribution in [-0.2, 0) is 19.6 Å². The zero-order valence-corrected chi connectivity index (χ0v) is 15.4. The second-order valence-electron chi connectivity index (χ2n) is 5.22. The van der Waals surface area contributed by atoms with E-state index in [-0.39, 0.29) is 17.3 Å². The monoisotopic (exact) mass is 374 g/mol. The van der Waals surface area contributed by atoms with E-state index >= 15 is 0 Å². The number of rotatable bonds is 8. The van der Waals surface area contributed by atoms with Gasteiger partial charge in [-0.05, 0) is 31.9 Å². The van der Waals surface area contributed by atoms with Gasteiger partial charge in [-0.25, -0.2) is 8.42 Å². The lowest BCUT2D eigenvalue weighted by Gasteiger charge is -2.15. The summed E-state index contributed by atoms with van der Waals surface area (Å²) in [6.07, 6.45) is 0.438. The van der Waals surface area contributed by atoms with Gasteiger partial charge < -0.3 is 20.9 Å². The van der Waals surface area contributed by atoms with E-state index in [4.69, 9.17) is 16.2 Å². The van der Waals surface area contributed by atoms with Crippen molar-refractivity contribution in [3.63, 3.8) is 0 Å². The van der Waals surface area contributed by atoms with Gasteiger partial charge in [0.1, 0.15) is 6.04 Å². The number of nitrogens with one attached hydrogen (secondary N) is 3. The van der Waals surface area contributed by atoms with Crippen LogP contribution in [0.1, 0.15) is 18.4 Å². The van der Waals surface area contributed by atoms with Crippen molar-refractivity contribution in [2.75, 3.05) is 20.8 Å². The maximum absolute atomic E-state index is 12.2. The van der Waals surface area contributed by atoms with Crippen molar-refractivity contribution in [1.82, 2.24) is 10.0 Å². The number of aryl methyl sites for hydroxylation is 1. The van der Waals surface area contributed by atoms with Gasteiger partial charge in [-0.3, -0.25) is 10.2 Å². The molecule has 0 saturated carbocycles. The molecule has 0 saturated heterocycles. The standard InChI is InChI=1S/C13H20N4O4S.C2H6O/c1-9-4-6-10(7-5-9)22(20,21)17-11(12(18)19)3-2-8-16-13(14)15;1-3-2/h4-7,11,17H,2-3,8H2,1H3,(H,18,19)(H4,14,15,16);1-2H3/t11-;/m0./s1. The Bertz CT molecular complexity index is 646. The Kier molecular flexibility index (Phi) is 10.4. The minimum atomic E-state index is -3.89. The maximum atomic E-state index is 12.2. The van der Waals surface area contributed by atoms with Gasteiger partial charge in [-0.15, -0.1) is 0 Å². The number of carboxylic acids is 1. The van der Waals surface area contributed by atoms with Gasteiger partial charge in [0.25, 0.3) is 0 Å². The van der Waals surface area contributed by atoms with E-state index in [9.17, 15) is 13.2 Å². The largest absolute Gasteiger partial charge is 0.480 e. The summed E-state index contributed by atoms with van der Waals surface area (Å²) in [6, 6.07) is 4.89. The number of carboxylic acid groups (broad SMARTS) is 1. The molecule has 0 aromatic heterocycles. The first-order chi connectivity index (χ1) is 11.6. The molecule has 0 aliphatic carbocycles. The molecule has 0 fully saturated rings. The number of nitrogens with two attached hydrogens (primary N) is 1. The van der Waals surface area contributed by atoms with Gasteiger partial charge >= 0.3 is 5.97 Å². The molecule has 0 bridgehead atoms. The van der Waals surface area contributed by atoms with E-state index in [1.165, 1.54) is 12.1 Å². The van der Waals surface area contributed by atoms with Crippen LogP contribution in [0.3, 0.4) is 0 Å². The molecule has 0 aliphatic heterocycles. The minimum Gasteiger partial charge on any atom is -0.480 e. The Morgan fingerprint density at radius 2 is 1.84 bits per heavy atom. The van der Waals surface area contributed by atoms with Crippen LogP contribution >= 0.6 is 0 Å². The Hall–Kier alpha value is -2.17. The summed E-state index contributed by atoms with van der Waals surface area (Å²) in [5, 5.41) is 18.6. The molecule has 0 aliphatic rings. The summed E-state index contributed by atoms with van der Waals surface area (Å²) in [7, 11) is -0.643. The summed E-state index contributed by atoms with van der Waals surface area (Å²) in [4.78, 5) is 11.2. The molecule has 1 aromatic rings. The Labute approximate surface area is 148 Å². The fraction of sp³-hybridized carbons (Fsp3) is 0.467. The number of sulfonamides is 1. The molecule has 10 heteroatoms. The van der Waals surface area contributed by atoms with E-state index in [2.05, 4.69) is 14.8 Å². The fourth-order valence-corrected chi connectivity index (χ4v) is 2.96. The van der Waals surface area contributed by atoms with Crippen molar-refractivity contribution in [2.24, 2.45) is 5.73 Å². The molecule has 0 unspecified atom stereocenters. The molecule has 25 heavy (non-hydrogen) atoms. The first kappa shape index (κ1) is 22.8. The highest BCUT2D eigenvalue weighted by Crippen LogP contribution is 2.11. The smallest absolute Gasteiger partial charge is 0.321 e. The van der Waals surface area contributed by atoms with Crippen molar-refractivity contribution in [2.45, 2.75) is 30.7 Å². The average Bonchev–Trinajstić information content (AvgIpc) is 2.51. The number of hydrogen-bond donors (Lipinski definition) is 5. The predicted molar refractivity (Wildman–Crippen MR) is 95.0 cm³/mol. The second-order valence-corrected chi connectivity index (χ2v) is 6.93. The Morgan fingerprint density at radius 1 is 1.32 bits per heavy atom. The number of benzene rings is 1. The number of carbonyl (C=O) groups is 1. The molecular formula is C15H26N4O5S. The topological polar surface area (TPSA) is 155 Å². The zero-order chi connectivity index (χ0) is 19.5. The molecule has 0 spiro atoms. The first-order valence-electron chi connectivity index (χ1n) is 7.44. The Balaban J connectivity index is 0.00000178. The molecule has 1 rings (SSSR count). The van der Waals surface area contributed by atoms with Crippen LogP contribution in [0.2, 0.25) is 0 Å². The van der Waals surface area contributed by atoms with Gasteiger partial charge in [0.15, 0.2) is 5.96 Å². The summed E-state index contributed by atoms with van der Waals surface area (Å²) < 4.78 is 30.7. The molecule has 0 amide bonds. The van der Waals surface area contributed by atoms with Gasteiger partial charge in [-0.2, -0.15) is 4.72 Å². The van der Waals surface area contributed by atoms with E-state index in [0.29, 0.717) is 13.0 Å². The van der Waals surface area contributed by atoms with Crippen LogP contribution in [0.5, 0.6) is 0 Å². The van der Waals surface area contributed by atoms with Crippen LogP contribution in [0.25, 0.3) is 0 Å². The van der Waals surface area contributed by atoms with Gasteiger partial charge in [0.2, 0.25) is 10.0 Å². The third-order valence-electron chi connectivity index (χ3n) is 2.91. The lowest BCUT2D eigenvalue weighted by atomic mass is 10.2. The van der Waals surface area contributed by atoms with E-state index in [1.54, 1.807) is 26.4 Å². The molecular weight excluding hydrogens is 348 g/mol. The normalized spacial score (nSPS) is 11.8. The SMILES string of the molecule is COC.Cc1ccc(S(=O)(=O)N[C@@H](CCCNC(=N)N)C(=O)O)cc1. The van der Waals surface area contributed by atoms with Crippen molar-refractivity contribution in [3.05, 3.63) is 29.8 Å². The van der Waals surface area contributed by atoms with Crippen molar-refractivity contribution in [1.29, 1.82) is 5.41 Å². The highest BCUT2D eigenvalue weighted by Gasteiger charge is 2.24. The molecule has 1 aromatic carbocycles. The minimum absolute atomic E-state index is 0.0196. The predicted octanol–water partition coefficient (Wildman–Crippen LogP) is 0.252. The molecule has 0 heterocycles. The van der Waals surface area contributed by atoms with Crippen molar-refractivity contribution in [3.8, 4) is 0 Å². The van der Waals surface area contributed by atoms with Crippen LogP contribution in [0.15, 0.2) is 29.2 Å². The van der Waals surface area contributed by atoms with Gasteiger partial charge in [0.05, 0.1) is 4.90 Å². The molecule has 0 radical (unpaired) electrons. The van der Waals surface area contributed by atoms with E-state index < -0.39 is 22.0 Å². The second kappa shape index (κ2) is 11.4. The average molecular weight is 374 g/mol. The lowest BCUT2D eigenvalue weighted by molar-refractivity contribution is -0.139. The number of aliphatic carboxylic acids is 1. The molecule has 142 valence electrons. The number of guanidine groups is 1. The van der Waals surface area contributed by atoms with Crippen LogP contribution < -0.4 is 15.8 Å². The Morgan fingerprint density at radius 3 is 2.28 bits per heavy atom. The van der Waals surface area contributed by atoms with Crippen LogP contribution in [-0.4, -0.2) is 52.3 Å². The van der Waals surface area contributed by atoms with E-state index in [0.717, 1.165) is 5.56 Å². The highest BCUT2D eigenvalue weighted by atomic mass is 32.2. The van der Waals surface area contributed by atoms with Crippen molar-refractivity contribution < 1.29 is 23.1 Å². The zero-order valence-electron chi connectivity index (χ0n) is 14.6. The van der Waals surface area contributed by atoms with Gasteiger partial charge in [-0.1, -0.05) is 17.7 Å². The van der Waals surface area contributed by atoms with E-state index in [1.807, 2.05) is 6.92 Å². The summed E-state index contributed by atoms with van der Waals surface area (Å²) in [6.45, 7) is 2.12. The number of methoxy groups -OCH3 is 1. The first-order valence-corrected chi connectivity index (χ1v) is 8.92.